The number of imide groups is 1. The molecule has 8 nitrogen and oxygen atoms in total. The normalized spacial score (nSPS) is 10.6. The second-order valence-electron chi connectivity index (χ2n) is 5.90. The molecule has 0 aliphatic carbocycles. The molecule has 0 spiro atoms. The first-order valence-corrected chi connectivity index (χ1v) is 9.83. The molecule has 0 bridgehead atoms. The summed E-state index contributed by atoms with van der Waals surface area (Å²) in [5, 5.41) is 13.9. The van der Waals surface area contributed by atoms with Crippen LogP contribution < -0.4 is 10.6 Å². The molecule has 2 N–H and O–H groups in total. The van der Waals surface area contributed by atoms with Gasteiger partial charge in [0.05, 0.1) is 18.6 Å². The fraction of sp³-hybridized carbons (Fsp3) is 0.263. The van der Waals surface area contributed by atoms with E-state index in [2.05, 4.69) is 20.8 Å². The molecule has 0 aliphatic heterocycles. The monoisotopic (exact) mass is 399 g/mol. The molecule has 2 heterocycles. The number of thioether (sulfide) groups is 1. The van der Waals surface area contributed by atoms with Crippen molar-refractivity contribution in [1.29, 1.82) is 0 Å². The number of carbonyl (C=O) groups excluding carboxylic acids is 2. The Hall–Kier alpha value is -3.07. The highest BCUT2D eigenvalue weighted by Crippen LogP contribution is 2.18. The first-order chi connectivity index (χ1) is 13.7. The average Bonchev–Trinajstić information content (AvgIpc) is 3.35. The molecule has 3 rings (SSSR count). The largest absolute Gasteiger partial charge is 0.467 e. The fourth-order valence-electron chi connectivity index (χ4n) is 2.57. The van der Waals surface area contributed by atoms with Crippen molar-refractivity contribution in [3.63, 3.8) is 0 Å². The van der Waals surface area contributed by atoms with Crippen molar-refractivity contribution in [2.45, 2.75) is 31.6 Å². The second kappa shape index (κ2) is 9.75. The van der Waals surface area contributed by atoms with E-state index in [-0.39, 0.29) is 12.3 Å². The van der Waals surface area contributed by atoms with E-state index in [4.69, 9.17) is 4.42 Å². The standard InChI is InChI=1S/C19H21N5O3S/c1-2-24-16(11-14-7-4-3-5-8-14)22-23-19(24)28-13-17(25)21-18(26)20-12-15-9-6-10-27-15/h3-10H,2,11-13H2,1H3,(H2,20,21,25,26). The van der Waals surface area contributed by atoms with Crippen molar-refractivity contribution >= 4 is 23.7 Å². The van der Waals surface area contributed by atoms with Gasteiger partial charge in [-0.1, -0.05) is 42.1 Å². The lowest BCUT2D eigenvalue weighted by molar-refractivity contribution is -0.117. The van der Waals surface area contributed by atoms with Crippen LogP contribution in [0.5, 0.6) is 0 Å². The number of amides is 3. The summed E-state index contributed by atoms with van der Waals surface area (Å²) in [6, 6.07) is 12.9. The molecular formula is C19H21N5O3S. The average molecular weight is 399 g/mol. The maximum atomic E-state index is 12.0. The molecule has 0 aliphatic rings. The zero-order chi connectivity index (χ0) is 19.8. The van der Waals surface area contributed by atoms with Crippen molar-refractivity contribution in [2.24, 2.45) is 0 Å². The van der Waals surface area contributed by atoms with Crippen LogP contribution in [0.4, 0.5) is 4.79 Å². The van der Waals surface area contributed by atoms with Crippen molar-refractivity contribution in [2.75, 3.05) is 5.75 Å². The highest BCUT2D eigenvalue weighted by Gasteiger charge is 2.15. The summed E-state index contributed by atoms with van der Waals surface area (Å²) in [6.45, 7) is 2.92. The Bertz CT molecular complexity index is 909. The molecule has 0 radical (unpaired) electrons. The molecule has 28 heavy (non-hydrogen) atoms. The van der Waals surface area contributed by atoms with Gasteiger partial charge in [-0.3, -0.25) is 10.1 Å². The van der Waals surface area contributed by atoms with E-state index in [0.717, 1.165) is 11.4 Å². The van der Waals surface area contributed by atoms with Crippen LogP contribution in [0.25, 0.3) is 0 Å². The van der Waals surface area contributed by atoms with Gasteiger partial charge in [0.2, 0.25) is 5.91 Å². The number of hydrogen-bond acceptors (Lipinski definition) is 6. The molecule has 9 heteroatoms. The Labute approximate surface area is 166 Å². The minimum absolute atomic E-state index is 0.0671. The number of nitrogens with one attached hydrogen (secondary N) is 2. The van der Waals surface area contributed by atoms with Crippen LogP contribution in [-0.2, 0) is 24.3 Å². The van der Waals surface area contributed by atoms with Gasteiger partial charge in [-0.2, -0.15) is 0 Å². The van der Waals surface area contributed by atoms with Crippen LogP contribution in [-0.4, -0.2) is 32.5 Å². The van der Waals surface area contributed by atoms with Gasteiger partial charge >= 0.3 is 6.03 Å². The summed E-state index contributed by atoms with van der Waals surface area (Å²) in [4.78, 5) is 23.8. The minimum Gasteiger partial charge on any atom is -0.467 e. The van der Waals surface area contributed by atoms with Crippen LogP contribution in [0.15, 0.2) is 58.3 Å². The van der Waals surface area contributed by atoms with Gasteiger partial charge < -0.3 is 14.3 Å². The van der Waals surface area contributed by atoms with Crippen molar-refractivity contribution in [3.8, 4) is 0 Å². The van der Waals surface area contributed by atoms with E-state index in [1.807, 2.05) is 41.8 Å². The number of benzene rings is 1. The van der Waals surface area contributed by atoms with Crippen LogP contribution in [0.3, 0.4) is 0 Å². The van der Waals surface area contributed by atoms with Gasteiger partial charge in [0.25, 0.3) is 0 Å². The highest BCUT2D eigenvalue weighted by atomic mass is 32.2. The molecule has 2 aromatic heterocycles. The molecule has 146 valence electrons. The summed E-state index contributed by atoms with van der Waals surface area (Å²) in [7, 11) is 0. The smallest absolute Gasteiger partial charge is 0.321 e. The zero-order valence-electron chi connectivity index (χ0n) is 15.4. The number of nitrogens with zero attached hydrogens (tertiary/aromatic N) is 3. The third kappa shape index (κ3) is 5.46. The number of rotatable bonds is 8. The van der Waals surface area contributed by atoms with E-state index in [9.17, 15) is 9.59 Å². The number of hydrogen-bond donors (Lipinski definition) is 2. The lowest BCUT2D eigenvalue weighted by Crippen LogP contribution is -2.39. The van der Waals surface area contributed by atoms with Gasteiger partial charge in [-0.25, -0.2) is 4.79 Å². The van der Waals surface area contributed by atoms with E-state index < -0.39 is 11.9 Å². The summed E-state index contributed by atoms with van der Waals surface area (Å²) in [5.41, 5.74) is 1.15. The second-order valence-corrected chi connectivity index (χ2v) is 6.85. The Morgan fingerprint density at radius 2 is 1.96 bits per heavy atom. The fourth-order valence-corrected chi connectivity index (χ4v) is 3.39. The Balaban J connectivity index is 1.49. The van der Waals surface area contributed by atoms with Crippen LogP contribution in [0.2, 0.25) is 0 Å². The van der Waals surface area contributed by atoms with Crippen molar-refractivity contribution < 1.29 is 14.0 Å². The van der Waals surface area contributed by atoms with Gasteiger partial charge in [-0.05, 0) is 24.6 Å². The van der Waals surface area contributed by atoms with Gasteiger partial charge in [0, 0.05) is 13.0 Å². The Morgan fingerprint density at radius 3 is 2.68 bits per heavy atom. The third-order valence-electron chi connectivity index (χ3n) is 3.90. The Kier molecular flexibility index (Phi) is 6.85. The molecule has 0 unspecified atom stereocenters. The molecule has 0 atom stereocenters. The number of furan rings is 1. The van der Waals surface area contributed by atoms with Crippen LogP contribution in [0, 0.1) is 0 Å². The first-order valence-electron chi connectivity index (χ1n) is 8.84. The van der Waals surface area contributed by atoms with E-state index in [1.165, 1.54) is 18.0 Å². The van der Waals surface area contributed by atoms with E-state index in [0.29, 0.717) is 23.9 Å². The maximum Gasteiger partial charge on any atom is 0.321 e. The lowest BCUT2D eigenvalue weighted by atomic mass is 10.1. The Morgan fingerprint density at radius 1 is 1.14 bits per heavy atom. The van der Waals surface area contributed by atoms with Crippen molar-refractivity contribution in [3.05, 3.63) is 65.9 Å². The van der Waals surface area contributed by atoms with Gasteiger partial charge in [0.15, 0.2) is 5.16 Å². The molecule has 0 fully saturated rings. The number of urea groups is 1. The number of carbonyl (C=O) groups is 2. The minimum atomic E-state index is -0.566. The summed E-state index contributed by atoms with van der Waals surface area (Å²) < 4.78 is 7.09. The molecule has 0 saturated heterocycles. The summed E-state index contributed by atoms with van der Waals surface area (Å²) in [6.07, 6.45) is 2.19. The molecule has 3 aromatic rings. The van der Waals surface area contributed by atoms with E-state index in [1.54, 1.807) is 12.1 Å². The quantitative estimate of drug-likeness (QED) is 0.565. The first kappa shape index (κ1) is 19.7. The molecule has 1 aromatic carbocycles. The highest BCUT2D eigenvalue weighted by molar-refractivity contribution is 7.99. The van der Waals surface area contributed by atoms with Gasteiger partial charge in [-0.15, -0.1) is 10.2 Å². The van der Waals surface area contributed by atoms with Crippen LogP contribution in [0.1, 0.15) is 24.1 Å². The van der Waals surface area contributed by atoms with Crippen LogP contribution >= 0.6 is 11.8 Å². The molecule has 3 amide bonds. The predicted octanol–water partition coefficient (Wildman–Crippen LogP) is 2.60. The molecular weight excluding hydrogens is 378 g/mol. The zero-order valence-corrected chi connectivity index (χ0v) is 16.2. The summed E-state index contributed by atoms with van der Waals surface area (Å²) in [5.74, 6) is 1.11. The predicted molar refractivity (Wildman–Crippen MR) is 105 cm³/mol. The third-order valence-corrected chi connectivity index (χ3v) is 4.87. The van der Waals surface area contributed by atoms with Crippen molar-refractivity contribution in [1.82, 2.24) is 25.4 Å². The lowest BCUT2D eigenvalue weighted by Gasteiger charge is -2.08. The SMILES string of the molecule is CCn1c(Cc2ccccc2)nnc1SCC(=O)NC(=O)NCc1ccco1. The van der Waals surface area contributed by atoms with Gasteiger partial charge in [0.1, 0.15) is 11.6 Å². The topological polar surface area (TPSA) is 102 Å². The molecule has 0 saturated carbocycles. The maximum absolute atomic E-state index is 12.0. The van der Waals surface area contributed by atoms with E-state index >= 15 is 0 Å². The summed E-state index contributed by atoms with van der Waals surface area (Å²) >= 11 is 1.25. The number of aromatic nitrogens is 3.